The summed E-state index contributed by atoms with van der Waals surface area (Å²) in [6, 6.07) is 2.68. The van der Waals surface area contributed by atoms with Crippen molar-refractivity contribution in [2.45, 2.75) is 33.2 Å². The zero-order chi connectivity index (χ0) is 13.9. The summed E-state index contributed by atoms with van der Waals surface area (Å²) in [7, 11) is 2.02. The lowest BCUT2D eigenvalue weighted by Crippen LogP contribution is -2.29. The summed E-state index contributed by atoms with van der Waals surface area (Å²) in [5, 5.41) is 14.9. The smallest absolute Gasteiger partial charge is 0.150 e. The molecule has 0 radical (unpaired) electrons. The van der Waals surface area contributed by atoms with Crippen LogP contribution >= 0.6 is 0 Å². The minimum Gasteiger partial charge on any atom is -0.369 e. The lowest BCUT2D eigenvalue weighted by Gasteiger charge is -2.21. The molecular weight excluding hydrogens is 238 g/mol. The Kier molecular flexibility index (Phi) is 4.24. The van der Waals surface area contributed by atoms with Gasteiger partial charge in [-0.05, 0) is 18.9 Å². The van der Waals surface area contributed by atoms with Crippen LogP contribution in [-0.4, -0.2) is 42.9 Å². The van der Waals surface area contributed by atoms with Crippen molar-refractivity contribution in [3.05, 3.63) is 12.3 Å². The van der Waals surface area contributed by atoms with E-state index in [1.54, 1.807) is 0 Å². The molecule has 1 aromatic rings. The number of likely N-dealkylation sites (N-methyl/N-ethyl adjacent to an activating group) is 1. The van der Waals surface area contributed by atoms with E-state index in [4.69, 9.17) is 0 Å². The number of hydrogen-bond acceptors (Lipinski definition) is 5. The topological polar surface area (TPSA) is 53.1 Å². The van der Waals surface area contributed by atoms with Crippen molar-refractivity contribution in [3.8, 4) is 0 Å². The molecule has 1 fully saturated rings. The molecule has 19 heavy (non-hydrogen) atoms. The average Bonchev–Trinajstić information content (AvgIpc) is 2.85. The first kappa shape index (κ1) is 14.1. The van der Waals surface area contributed by atoms with E-state index in [2.05, 4.69) is 52.6 Å². The molecule has 1 aliphatic heterocycles. The van der Waals surface area contributed by atoms with Gasteiger partial charge >= 0.3 is 0 Å². The van der Waals surface area contributed by atoms with E-state index in [-0.39, 0.29) is 5.41 Å². The fourth-order valence-corrected chi connectivity index (χ4v) is 2.20. The van der Waals surface area contributed by atoms with Crippen LogP contribution < -0.4 is 15.5 Å². The second kappa shape index (κ2) is 5.74. The molecule has 0 unspecified atom stereocenters. The molecule has 0 bridgehead atoms. The molecule has 2 heterocycles. The van der Waals surface area contributed by atoms with E-state index in [1.165, 1.54) is 6.42 Å². The summed E-state index contributed by atoms with van der Waals surface area (Å²) in [5.41, 5.74) is 1.40. The molecule has 0 aliphatic carbocycles. The molecule has 5 nitrogen and oxygen atoms in total. The Morgan fingerprint density at radius 2 is 2.21 bits per heavy atom. The van der Waals surface area contributed by atoms with E-state index in [0.717, 1.165) is 31.1 Å². The molecule has 1 saturated heterocycles. The molecule has 1 atom stereocenters. The summed E-state index contributed by atoms with van der Waals surface area (Å²) in [5.74, 6) is 0.861. The van der Waals surface area contributed by atoms with E-state index >= 15 is 0 Å². The number of anilines is 2. The van der Waals surface area contributed by atoms with Gasteiger partial charge in [-0.25, -0.2) is 0 Å². The van der Waals surface area contributed by atoms with Crippen LogP contribution in [0.1, 0.15) is 27.2 Å². The molecule has 0 saturated carbocycles. The van der Waals surface area contributed by atoms with Gasteiger partial charge in [0.25, 0.3) is 0 Å². The van der Waals surface area contributed by atoms with E-state index in [9.17, 15) is 0 Å². The van der Waals surface area contributed by atoms with Crippen LogP contribution in [0.15, 0.2) is 12.3 Å². The molecule has 106 valence electrons. The van der Waals surface area contributed by atoms with Crippen molar-refractivity contribution in [3.63, 3.8) is 0 Å². The minimum atomic E-state index is 0.239. The van der Waals surface area contributed by atoms with E-state index < -0.39 is 0 Å². The fraction of sp³-hybridized carbons (Fsp3) is 0.714. The summed E-state index contributed by atoms with van der Waals surface area (Å²) < 4.78 is 0. The van der Waals surface area contributed by atoms with Crippen LogP contribution in [0, 0.1) is 5.41 Å². The SMILES string of the molecule is CN[C@@H]1CCN(c2cnnc(NCC(C)(C)C)c2)C1. The van der Waals surface area contributed by atoms with Gasteiger partial charge in [-0.2, -0.15) is 5.10 Å². The average molecular weight is 263 g/mol. The molecule has 0 amide bonds. The third kappa shape index (κ3) is 4.06. The maximum Gasteiger partial charge on any atom is 0.150 e. The predicted molar refractivity (Wildman–Crippen MR) is 79.7 cm³/mol. The molecule has 5 heteroatoms. The fourth-order valence-electron chi connectivity index (χ4n) is 2.20. The van der Waals surface area contributed by atoms with Gasteiger partial charge in [-0.15, -0.1) is 5.10 Å². The molecule has 2 N–H and O–H groups in total. The molecule has 1 aliphatic rings. The van der Waals surface area contributed by atoms with Crippen molar-refractivity contribution in [1.29, 1.82) is 0 Å². The van der Waals surface area contributed by atoms with Crippen LogP contribution in [0.2, 0.25) is 0 Å². The minimum absolute atomic E-state index is 0.239. The van der Waals surface area contributed by atoms with Crippen LogP contribution in [0.4, 0.5) is 11.5 Å². The Morgan fingerprint density at radius 1 is 1.42 bits per heavy atom. The molecule has 0 spiro atoms. The number of rotatable bonds is 4. The van der Waals surface area contributed by atoms with Gasteiger partial charge in [0.15, 0.2) is 5.82 Å². The van der Waals surface area contributed by atoms with Crippen molar-refractivity contribution >= 4 is 11.5 Å². The number of aromatic nitrogens is 2. The Bertz CT molecular complexity index is 413. The van der Waals surface area contributed by atoms with Gasteiger partial charge in [-0.1, -0.05) is 20.8 Å². The highest BCUT2D eigenvalue weighted by Crippen LogP contribution is 2.22. The standard InChI is InChI=1S/C14H25N5/c1-14(2,3)10-16-13-7-12(8-17-18-13)19-6-5-11(9-19)15-4/h7-8,11,15H,5-6,9-10H2,1-4H3,(H,16,18)/t11-/m1/s1. The quantitative estimate of drug-likeness (QED) is 0.866. The van der Waals surface area contributed by atoms with E-state index in [0.29, 0.717) is 6.04 Å². The second-order valence-electron chi connectivity index (χ2n) is 6.43. The second-order valence-corrected chi connectivity index (χ2v) is 6.43. The largest absolute Gasteiger partial charge is 0.369 e. The van der Waals surface area contributed by atoms with Gasteiger partial charge in [0.1, 0.15) is 0 Å². The van der Waals surface area contributed by atoms with Gasteiger partial charge in [0.05, 0.1) is 11.9 Å². The number of nitrogens with zero attached hydrogens (tertiary/aromatic N) is 3. The number of hydrogen-bond donors (Lipinski definition) is 2. The Hall–Kier alpha value is -1.36. The lowest BCUT2D eigenvalue weighted by atomic mass is 9.97. The zero-order valence-electron chi connectivity index (χ0n) is 12.4. The molecular formula is C14H25N5. The first-order chi connectivity index (χ1) is 8.98. The molecule has 2 rings (SSSR count). The Morgan fingerprint density at radius 3 is 2.84 bits per heavy atom. The van der Waals surface area contributed by atoms with Gasteiger partial charge < -0.3 is 15.5 Å². The lowest BCUT2D eigenvalue weighted by molar-refractivity contribution is 0.442. The third-order valence-electron chi connectivity index (χ3n) is 3.40. The third-order valence-corrected chi connectivity index (χ3v) is 3.40. The molecule has 0 aromatic carbocycles. The van der Waals surface area contributed by atoms with Crippen LogP contribution in [-0.2, 0) is 0 Å². The van der Waals surface area contributed by atoms with Gasteiger partial charge in [0, 0.05) is 31.7 Å². The first-order valence-corrected chi connectivity index (χ1v) is 6.97. The van der Waals surface area contributed by atoms with Crippen LogP contribution in [0.3, 0.4) is 0 Å². The van der Waals surface area contributed by atoms with Crippen molar-refractivity contribution in [2.24, 2.45) is 5.41 Å². The van der Waals surface area contributed by atoms with Crippen molar-refractivity contribution in [1.82, 2.24) is 15.5 Å². The maximum absolute atomic E-state index is 4.15. The first-order valence-electron chi connectivity index (χ1n) is 6.97. The molecule has 1 aromatic heterocycles. The summed E-state index contributed by atoms with van der Waals surface area (Å²) >= 11 is 0. The maximum atomic E-state index is 4.15. The highest BCUT2D eigenvalue weighted by atomic mass is 15.2. The highest BCUT2D eigenvalue weighted by molar-refractivity contribution is 5.53. The normalized spacial score (nSPS) is 19.8. The Labute approximate surface area is 115 Å². The number of nitrogens with one attached hydrogen (secondary N) is 2. The summed E-state index contributed by atoms with van der Waals surface area (Å²) in [6.07, 6.45) is 3.03. The van der Waals surface area contributed by atoms with Crippen LogP contribution in [0.25, 0.3) is 0 Å². The van der Waals surface area contributed by atoms with Gasteiger partial charge in [-0.3, -0.25) is 0 Å². The van der Waals surface area contributed by atoms with Gasteiger partial charge in [0.2, 0.25) is 0 Å². The zero-order valence-corrected chi connectivity index (χ0v) is 12.4. The monoisotopic (exact) mass is 263 g/mol. The van der Waals surface area contributed by atoms with Crippen molar-refractivity contribution < 1.29 is 0 Å². The summed E-state index contributed by atoms with van der Waals surface area (Å²) in [6.45, 7) is 9.63. The van der Waals surface area contributed by atoms with Crippen LogP contribution in [0.5, 0.6) is 0 Å². The Balaban J connectivity index is 1.99. The highest BCUT2D eigenvalue weighted by Gasteiger charge is 2.21. The van der Waals surface area contributed by atoms with Crippen molar-refractivity contribution in [2.75, 3.05) is 36.9 Å². The summed E-state index contributed by atoms with van der Waals surface area (Å²) in [4.78, 5) is 2.36. The predicted octanol–water partition coefficient (Wildman–Crippen LogP) is 1.73. The van der Waals surface area contributed by atoms with E-state index in [1.807, 2.05) is 13.2 Å².